The highest BCUT2D eigenvalue weighted by molar-refractivity contribution is 6.31. The molecular weight excluding hydrogens is 252 g/mol. The van der Waals surface area contributed by atoms with E-state index in [2.05, 4.69) is 5.32 Å². The van der Waals surface area contributed by atoms with Crippen LogP contribution in [0.3, 0.4) is 0 Å². The highest BCUT2D eigenvalue weighted by Crippen LogP contribution is 2.39. The average molecular weight is 269 g/mol. The number of phenolic OH excluding ortho intramolecular Hbond substituents is 1. The minimum absolute atomic E-state index is 0.0768. The Morgan fingerprint density at radius 1 is 1.61 bits per heavy atom. The van der Waals surface area contributed by atoms with Crippen molar-refractivity contribution in [1.82, 2.24) is 5.32 Å². The zero-order chi connectivity index (χ0) is 13.3. The molecule has 0 radical (unpaired) electrons. The van der Waals surface area contributed by atoms with Crippen LogP contribution in [0.1, 0.15) is 30.1 Å². The Labute approximate surface area is 111 Å². The van der Waals surface area contributed by atoms with Gasteiger partial charge in [-0.05, 0) is 43.9 Å². The van der Waals surface area contributed by atoms with E-state index in [-0.39, 0.29) is 17.2 Å². The number of hydrogen-bond acceptors (Lipinski definition) is 3. The van der Waals surface area contributed by atoms with Gasteiger partial charge >= 0.3 is 0 Å². The lowest BCUT2D eigenvalue weighted by atomic mass is 9.95. The zero-order valence-corrected chi connectivity index (χ0v) is 11.0. The van der Waals surface area contributed by atoms with E-state index in [0.29, 0.717) is 17.5 Å². The Kier molecular flexibility index (Phi) is 3.50. The molecule has 0 saturated heterocycles. The third-order valence-electron chi connectivity index (χ3n) is 3.50. The zero-order valence-electron chi connectivity index (χ0n) is 10.2. The smallest absolute Gasteiger partial charge is 0.255 e. The molecule has 5 heteroatoms. The maximum Gasteiger partial charge on any atom is 0.255 e. The molecule has 1 unspecified atom stereocenters. The molecule has 0 bridgehead atoms. The lowest BCUT2D eigenvalue weighted by Gasteiger charge is -2.29. The van der Waals surface area contributed by atoms with Gasteiger partial charge in [-0.3, -0.25) is 4.79 Å². The molecule has 1 amide bonds. The molecule has 0 spiro atoms. The molecule has 1 aromatic carbocycles. The maximum absolute atomic E-state index is 12.1. The number of amides is 1. The molecule has 18 heavy (non-hydrogen) atoms. The molecule has 0 aromatic heterocycles. The number of carbonyl (C=O) groups is 1. The average Bonchev–Trinajstić information content (AvgIpc) is 3.16. The summed E-state index contributed by atoms with van der Waals surface area (Å²) in [7, 11) is 0. The van der Waals surface area contributed by atoms with E-state index < -0.39 is 5.54 Å². The van der Waals surface area contributed by atoms with Gasteiger partial charge in [-0.15, -0.1) is 0 Å². The van der Waals surface area contributed by atoms with Crippen molar-refractivity contribution < 1.29 is 9.90 Å². The summed E-state index contributed by atoms with van der Waals surface area (Å²) >= 11 is 5.83. The second kappa shape index (κ2) is 4.78. The molecule has 98 valence electrons. The van der Waals surface area contributed by atoms with Crippen molar-refractivity contribution in [2.75, 3.05) is 6.54 Å². The Morgan fingerprint density at radius 3 is 2.83 bits per heavy atom. The Hall–Kier alpha value is -1.26. The molecule has 1 aromatic rings. The molecular formula is C13H17ClN2O2. The van der Waals surface area contributed by atoms with Crippen LogP contribution in [0.2, 0.25) is 5.02 Å². The highest BCUT2D eigenvalue weighted by atomic mass is 35.5. The quantitative estimate of drug-likeness (QED) is 0.781. The van der Waals surface area contributed by atoms with Gasteiger partial charge in [-0.1, -0.05) is 11.6 Å². The van der Waals surface area contributed by atoms with Gasteiger partial charge in [-0.25, -0.2) is 0 Å². The van der Waals surface area contributed by atoms with Gasteiger partial charge in [0.05, 0.1) is 11.1 Å². The van der Waals surface area contributed by atoms with Gasteiger partial charge < -0.3 is 16.2 Å². The molecule has 1 aliphatic rings. The van der Waals surface area contributed by atoms with E-state index in [1.165, 1.54) is 18.2 Å². The monoisotopic (exact) mass is 268 g/mol. The Balaban J connectivity index is 2.18. The normalized spacial score (nSPS) is 18.2. The van der Waals surface area contributed by atoms with Gasteiger partial charge in [0.15, 0.2) is 0 Å². The second-order valence-electron chi connectivity index (χ2n) is 5.01. The SMILES string of the molecule is CC(CN)(NC(=O)c1cc(Cl)ccc1O)C1CC1. The third kappa shape index (κ3) is 2.60. The summed E-state index contributed by atoms with van der Waals surface area (Å²) in [6.45, 7) is 2.31. The van der Waals surface area contributed by atoms with Gasteiger partial charge in [0.2, 0.25) is 0 Å². The maximum atomic E-state index is 12.1. The van der Waals surface area contributed by atoms with Crippen LogP contribution >= 0.6 is 11.6 Å². The first-order valence-electron chi connectivity index (χ1n) is 5.97. The number of nitrogens with one attached hydrogen (secondary N) is 1. The number of phenols is 1. The van der Waals surface area contributed by atoms with Crippen LogP contribution < -0.4 is 11.1 Å². The van der Waals surface area contributed by atoms with Gasteiger partial charge in [-0.2, -0.15) is 0 Å². The molecule has 1 saturated carbocycles. The summed E-state index contributed by atoms with van der Waals surface area (Å²) in [6.07, 6.45) is 2.16. The molecule has 1 aliphatic carbocycles. The van der Waals surface area contributed by atoms with Crippen molar-refractivity contribution in [2.45, 2.75) is 25.3 Å². The first kappa shape index (κ1) is 13.2. The van der Waals surface area contributed by atoms with Crippen LogP contribution in [0, 0.1) is 5.92 Å². The number of hydrogen-bond donors (Lipinski definition) is 3. The second-order valence-corrected chi connectivity index (χ2v) is 5.45. The number of aromatic hydroxyl groups is 1. The molecule has 0 aliphatic heterocycles. The lowest BCUT2D eigenvalue weighted by Crippen LogP contribution is -2.53. The summed E-state index contributed by atoms with van der Waals surface area (Å²) in [5.41, 5.74) is 5.51. The standard InChI is InChI=1S/C13H17ClN2O2/c1-13(7-15,8-2-3-8)16-12(18)10-6-9(14)4-5-11(10)17/h4-6,8,17H,2-3,7,15H2,1H3,(H,16,18). The summed E-state index contributed by atoms with van der Waals surface area (Å²) in [6, 6.07) is 4.40. The van der Waals surface area contributed by atoms with Crippen LogP contribution in [-0.2, 0) is 0 Å². The van der Waals surface area contributed by atoms with Crippen molar-refractivity contribution in [3.8, 4) is 5.75 Å². The van der Waals surface area contributed by atoms with Crippen molar-refractivity contribution in [3.05, 3.63) is 28.8 Å². The van der Waals surface area contributed by atoms with Gasteiger partial charge in [0.25, 0.3) is 5.91 Å². The summed E-state index contributed by atoms with van der Waals surface area (Å²) in [5, 5.41) is 13.0. The Bertz CT molecular complexity index is 474. The lowest BCUT2D eigenvalue weighted by molar-refractivity contribution is 0.0895. The van der Waals surface area contributed by atoms with Crippen LogP contribution in [0.5, 0.6) is 5.75 Å². The fraction of sp³-hybridized carbons (Fsp3) is 0.462. The minimum Gasteiger partial charge on any atom is -0.507 e. The van der Waals surface area contributed by atoms with Crippen LogP contribution in [0.25, 0.3) is 0 Å². The highest BCUT2D eigenvalue weighted by Gasteiger charge is 2.41. The largest absolute Gasteiger partial charge is 0.507 e. The van der Waals surface area contributed by atoms with E-state index >= 15 is 0 Å². The molecule has 1 atom stereocenters. The van der Waals surface area contributed by atoms with Crippen LogP contribution in [-0.4, -0.2) is 23.1 Å². The van der Waals surface area contributed by atoms with Crippen molar-refractivity contribution in [3.63, 3.8) is 0 Å². The van der Waals surface area contributed by atoms with E-state index in [9.17, 15) is 9.90 Å². The first-order chi connectivity index (χ1) is 8.46. The van der Waals surface area contributed by atoms with Gasteiger partial charge in [0.1, 0.15) is 5.75 Å². The fourth-order valence-electron chi connectivity index (χ4n) is 2.06. The van der Waals surface area contributed by atoms with E-state index in [0.717, 1.165) is 12.8 Å². The molecule has 4 nitrogen and oxygen atoms in total. The first-order valence-corrected chi connectivity index (χ1v) is 6.35. The predicted molar refractivity (Wildman–Crippen MR) is 70.8 cm³/mol. The fourth-order valence-corrected chi connectivity index (χ4v) is 2.23. The van der Waals surface area contributed by atoms with E-state index in [4.69, 9.17) is 17.3 Å². The topological polar surface area (TPSA) is 75.3 Å². The summed E-state index contributed by atoms with van der Waals surface area (Å²) in [5.74, 6) is 0.00898. The van der Waals surface area contributed by atoms with Crippen LogP contribution in [0.15, 0.2) is 18.2 Å². The molecule has 4 N–H and O–H groups in total. The number of halogens is 1. The predicted octanol–water partition coefficient (Wildman–Crippen LogP) is 1.90. The van der Waals surface area contributed by atoms with Crippen molar-refractivity contribution in [2.24, 2.45) is 11.7 Å². The molecule has 1 fully saturated rings. The Morgan fingerprint density at radius 2 is 2.28 bits per heavy atom. The van der Waals surface area contributed by atoms with E-state index in [1.807, 2.05) is 6.92 Å². The molecule has 2 rings (SSSR count). The molecule has 0 heterocycles. The van der Waals surface area contributed by atoms with Gasteiger partial charge in [0, 0.05) is 11.6 Å². The number of nitrogens with two attached hydrogens (primary N) is 1. The number of rotatable bonds is 4. The summed E-state index contributed by atoms with van der Waals surface area (Å²) < 4.78 is 0. The number of benzene rings is 1. The minimum atomic E-state index is -0.411. The van der Waals surface area contributed by atoms with Crippen molar-refractivity contribution >= 4 is 17.5 Å². The van der Waals surface area contributed by atoms with Crippen LogP contribution in [0.4, 0.5) is 0 Å². The third-order valence-corrected chi connectivity index (χ3v) is 3.74. The van der Waals surface area contributed by atoms with Crippen molar-refractivity contribution in [1.29, 1.82) is 0 Å². The number of carbonyl (C=O) groups excluding carboxylic acids is 1. The van der Waals surface area contributed by atoms with E-state index in [1.54, 1.807) is 0 Å². The summed E-state index contributed by atoms with van der Waals surface area (Å²) in [4.78, 5) is 12.1.